The van der Waals surface area contributed by atoms with Gasteiger partial charge in [-0.1, -0.05) is 30.3 Å². The lowest BCUT2D eigenvalue weighted by Crippen LogP contribution is -2.30. The second-order valence-corrected chi connectivity index (χ2v) is 8.14. The van der Waals surface area contributed by atoms with Crippen LogP contribution in [0.3, 0.4) is 0 Å². The number of hydrogen-bond donors (Lipinski definition) is 1. The summed E-state index contributed by atoms with van der Waals surface area (Å²) in [7, 11) is 0. The van der Waals surface area contributed by atoms with Crippen LogP contribution in [0.15, 0.2) is 77.6 Å². The topological polar surface area (TPSA) is 67.2 Å². The van der Waals surface area contributed by atoms with Crippen molar-refractivity contribution in [2.45, 2.75) is 19.8 Å². The fourth-order valence-corrected chi connectivity index (χ4v) is 4.17. The molecule has 1 aromatic heterocycles. The van der Waals surface area contributed by atoms with Gasteiger partial charge in [0.2, 0.25) is 5.95 Å². The number of carbonyl (C=O) groups excluding carboxylic acids is 1. The van der Waals surface area contributed by atoms with Gasteiger partial charge in [0.05, 0.1) is 16.6 Å². The van der Waals surface area contributed by atoms with Crippen molar-refractivity contribution in [2.24, 2.45) is 0 Å². The summed E-state index contributed by atoms with van der Waals surface area (Å²) in [5.74, 6) is 0.400. The van der Waals surface area contributed by atoms with Crippen molar-refractivity contribution in [1.29, 1.82) is 0 Å². The maximum Gasteiger partial charge on any atom is 0.267 e. The Morgan fingerprint density at radius 2 is 1.72 bits per heavy atom. The SMILES string of the molecule is Cc1cccc(-n2c(N3CCCC3)nc3cc(C(=O)Nc4ccccc4)ccc3c2=O)c1. The highest BCUT2D eigenvalue weighted by Gasteiger charge is 2.22. The number of aryl methyl sites for hydroxylation is 1. The lowest BCUT2D eigenvalue weighted by Gasteiger charge is -2.22. The Morgan fingerprint density at radius 1 is 0.938 bits per heavy atom. The average molecular weight is 425 g/mol. The highest BCUT2D eigenvalue weighted by Crippen LogP contribution is 2.24. The van der Waals surface area contributed by atoms with Gasteiger partial charge in [0, 0.05) is 24.3 Å². The van der Waals surface area contributed by atoms with Gasteiger partial charge >= 0.3 is 0 Å². The summed E-state index contributed by atoms with van der Waals surface area (Å²) in [5.41, 5.74) is 3.47. The van der Waals surface area contributed by atoms with Crippen molar-refractivity contribution >= 4 is 28.4 Å². The first-order chi connectivity index (χ1) is 15.6. The molecule has 3 aromatic carbocycles. The second kappa shape index (κ2) is 8.30. The number of anilines is 2. The molecule has 1 aliphatic heterocycles. The molecule has 6 heteroatoms. The van der Waals surface area contributed by atoms with Crippen LogP contribution in [0.1, 0.15) is 28.8 Å². The third-order valence-electron chi connectivity index (χ3n) is 5.79. The Labute approximate surface area is 186 Å². The molecular formula is C26H24N4O2. The number of aromatic nitrogens is 2. The highest BCUT2D eigenvalue weighted by molar-refractivity contribution is 6.06. The predicted molar refractivity (Wildman–Crippen MR) is 128 cm³/mol. The summed E-state index contributed by atoms with van der Waals surface area (Å²) < 4.78 is 1.70. The van der Waals surface area contributed by atoms with Crippen molar-refractivity contribution < 1.29 is 4.79 Å². The van der Waals surface area contributed by atoms with Crippen LogP contribution in [0, 0.1) is 6.92 Å². The number of hydrogen-bond acceptors (Lipinski definition) is 4. The first-order valence-electron chi connectivity index (χ1n) is 10.9. The van der Waals surface area contributed by atoms with E-state index in [4.69, 9.17) is 4.98 Å². The van der Waals surface area contributed by atoms with Gasteiger partial charge in [0.15, 0.2) is 0 Å². The van der Waals surface area contributed by atoms with Crippen LogP contribution in [0.2, 0.25) is 0 Å². The normalized spacial score (nSPS) is 13.5. The van der Waals surface area contributed by atoms with Crippen LogP contribution in [0.4, 0.5) is 11.6 Å². The summed E-state index contributed by atoms with van der Waals surface area (Å²) in [6, 6.07) is 22.3. The van der Waals surface area contributed by atoms with Crippen LogP contribution in [-0.2, 0) is 0 Å². The molecule has 0 unspecified atom stereocenters. The van der Waals surface area contributed by atoms with Crippen LogP contribution < -0.4 is 15.8 Å². The van der Waals surface area contributed by atoms with E-state index in [1.807, 2.05) is 61.5 Å². The number of carbonyl (C=O) groups is 1. The summed E-state index contributed by atoms with van der Waals surface area (Å²) in [6.07, 6.45) is 2.14. The molecule has 0 aliphatic carbocycles. The van der Waals surface area contributed by atoms with Crippen molar-refractivity contribution in [3.63, 3.8) is 0 Å². The van der Waals surface area contributed by atoms with E-state index >= 15 is 0 Å². The minimum absolute atomic E-state index is 0.127. The molecule has 1 fully saturated rings. The van der Waals surface area contributed by atoms with Crippen LogP contribution in [0.5, 0.6) is 0 Å². The minimum atomic E-state index is -0.231. The van der Waals surface area contributed by atoms with Gasteiger partial charge < -0.3 is 10.2 Å². The van der Waals surface area contributed by atoms with Gasteiger partial charge in [0.25, 0.3) is 11.5 Å². The summed E-state index contributed by atoms with van der Waals surface area (Å²) >= 11 is 0. The Hall–Kier alpha value is -3.93. The molecule has 0 spiro atoms. The molecule has 1 aliphatic rings. The minimum Gasteiger partial charge on any atom is -0.342 e. The highest BCUT2D eigenvalue weighted by atomic mass is 16.1. The number of fused-ring (bicyclic) bond motifs is 1. The van der Waals surface area contributed by atoms with Crippen LogP contribution >= 0.6 is 0 Å². The molecule has 2 heterocycles. The zero-order valence-corrected chi connectivity index (χ0v) is 17.9. The van der Waals surface area contributed by atoms with E-state index < -0.39 is 0 Å². The van der Waals surface area contributed by atoms with E-state index in [0.717, 1.165) is 42.9 Å². The van der Waals surface area contributed by atoms with E-state index in [1.54, 1.807) is 22.8 Å². The molecule has 4 aromatic rings. The van der Waals surface area contributed by atoms with Crippen molar-refractivity contribution in [3.8, 4) is 5.69 Å². The fourth-order valence-electron chi connectivity index (χ4n) is 4.17. The molecule has 1 N–H and O–H groups in total. The quantitative estimate of drug-likeness (QED) is 0.522. The molecule has 0 bridgehead atoms. The number of para-hydroxylation sites is 1. The van der Waals surface area contributed by atoms with E-state index in [2.05, 4.69) is 10.2 Å². The molecule has 0 saturated carbocycles. The van der Waals surface area contributed by atoms with Gasteiger partial charge in [-0.3, -0.25) is 9.59 Å². The van der Waals surface area contributed by atoms with Crippen LogP contribution in [0.25, 0.3) is 16.6 Å². The molecule has 6 nitrogen and oxygen atoms in total. The zero-order valence-electron chi connectivity index (χ0n) is 17.9. The first kappa shape index (κ1) is 20.0. The Bertz CT molecular complexity index is 1360. The molecule has 0 radical (unpaired) electrons. The molecule has 1 saturated heterocycles. The summed E-state index contributed by atoms with van der Waals surface area (Å²) in [5, 5.41) is 3.38. The zero-order chi connectivity index (χ0) is 22.1. The van der Waals surface area contributed by atoms with Crippen LogP contribution in [-0.4, -0.2) is 28.5 Å². The van der Waals surface area contributed by atoms with Gasteiger partial charge in [-0.2, -0.15) is 0 Å². The lowest BCUT2D eigenvalue weighted by molar-refractivity contribution is 0.102. The summed E-state index contributed by atoms with van der Waals surface area (Å²) in [6.45, 7) is 3.73. The number of rotatable bonds is 4. The summed E-state index contributed by atoms with van der Waals surface area (Å²) in [4.78, 5) is 33.4. The second-order valence-electron chi connectivity index (χ2n) is 8.14. The molecule has 1 amide bonds. The Morgan fingerprint density at radius 3 is 2.47 bits per heavy atom. The first-order valence-corrected chi connectivity index (χ1v) is 10.9. The van der Waals surface area contributed by atoms with Gasteiger partial charge in [-0.05, 0) is 67.8 Å². The lowest BCUT2D eigenvalue weighted by atomic mass is 10.1. The number of benzene rings is 3. The van der Waals surface area contributed by atoms with E-state index in [9.17, 15) is 9.59 Å². The number of nitrogens with zero attached hydrogens (tertiary/aromatic N) is 3. The van der Waals surface area contributed by atoms with Crippen molar-refractivity contribution in [2.75, 3.05) is 23.3 Å². The largest absolute Gasteiger partial charge is 0.342 e. The monoisotopic (exact) mass is 424 g/mol. The van der Waals surface area contributed by atoms with E-state index in [1.165, 1.54) is 0 Å². The predicted octanol–water partition coefficient (Wildman–Crippen LogP) is 4.55. The number of amides is 1. The van der Waals surface area contributed by atoms with E-state index in [0.29, 0.717) is 22.4 Å². The third kappa shape index (κ3) is 3.75. The molecule has 160 valence electrons. The van der Waals surface area contributed by atoms with Gasteiger partial charge in [-0.15, -0.1) is 0 Å². The molecule has 0 atom stereocenters. The Balaban J connectivity index is 1.63. The average Bonchev–Trinajstić information content (AvgIpc) is 3.34. The standard InChI is InChI=1S/C26H24N4O2/c1-18-8-7-11-21(16-18)30-25(32)22-13-12-19(24(31)27-20-9-3-2-4-10-20)17-23(22)28-26(30)29-14-5-6-15-29/h2-4,7-13,16-17H,5-6,14-15H2,1H3,(H,27,31). The number of nitrogens with one attached hydrogen (secondary N) is 1. The maximum atomic E-state index is 13.6. The van der Waals surface area contributed by atoms with Crippen molar-refractivity contribution in [3.05, 3.63) is 94.3 Å². The van der Waals surface area contributed by atoms with E-state index in [-0.39, 0.29) is 11.5 Å². The third-order valence-corrected chi connectivity index (χ3v) is 5.79. The van der Waals surface area contributed by atoms with Gasteiger partial charge in [0.1, 0.15) is 0 Å². The smallest absolute Gasteiger partial charge is 0.267 e. The maximum absolute atomic E-state index is 13.6. The fraction of sp³-hybridized carbons (Fsp3) is 0.192. The molecular weight excluding hydrogens is 400 g/mol. The molecule has 32 heavy (non-hydrogen) atoms. The van der Waals surface area contributed by atoms with Crippen molar-refractivity contribution in [1.82, 2.24) is 9.55 Å². The molecule has 5 rings (SSSR count). The Kier molecular flexibility index (Phi) is 5.19. The van der Waals surface area contributed by atoms with Gasteiger partial charge in [-0.25, -0.2) is 9.55 Å².